The quantitative estimate of drug-likeness (QED) is 0.563. The Morgan fingerprint density at radius 2 is 1.00 bits per heavy atom. The van der Waals surface area contributed by atoms with Gasteiger partial charge < -0.3 is 4.74 Å². The normalized spacial score (nSPS) is 10.9. The van der Waals surface area contributed by atoms with Gasteiger partial charge in [0, 0.05) is 11.1 Å². The first-order valence-electron chi connectivity index (χ1n) is 8.27. The molecule has 1 aromatic carbocycles. The fourth-order valence-corrected chi connectivity index (χ4v) is 2.11. The van der Waals surface area contributed by atoms with Crippen molar-refractivity contribution in [1.82, 2.24) is 0 Å². The van der Waals surface area contributed by atoms with Crippen molar-refractivity contribution in [3.8, 4) is 5.75 Å². The van der Waals surface area contributed by atoms with Crippen LogP contribution in [0.2, 0.25) is 0 Å². The molecule has 0 atom stereocenters. The number of benzene rings is 1. The summed E-state index contributed by atoms with van der Waals surface area (Å²) in [7, 11) is 1.77. The highest BCUT2D eigenvalue weighted by atomic mass is 16.5. The van der Waals surface area contributed by atoms with Crippen LogP contribution in [0.5, 0.6) is 5.75 Å². The van der Waals surface area contributed by atoms with E-state index in [4.69, 9.17) is 4.74 Å². The van der Waals surface area contributed by atoms with E-state index in [2.05, 4.69) is 60.6 Å². The van der Waals surface area contributed by atoms with Gasteiger partial charge in [-0.2, -0.15) is 0 Å². The zero-order valence-corrected chi connectivity index (χ0v) is 16.6. The van der Waals surface area contributed by atoms with Crippen molar-refractivity contribution in [2.75, 3.05) is 7.11 Å². The fraction of sp³-hybridized carbons (Fsp3) is 0.700. The van der Waals surface area contributed by atoms with Crippen LogP contribution in [0.1, 0.15) is 85.9 Å². The Hall–Kier alpha value is -0.980. The minimum absolute atomic E-state index is 0.108. The maximum atomic E-state index is 5.68. The van der Waals surface area contributed by atoms with Gasteiger partial charge >= 0.3 is 0 Å². The average Bonchev–Trinajstić information content (AvgIpc) is 2.40. The van der Waals surface area contributed by atoms with Crippen LogP contribution >= 0.6 is 0 Å². The fourth-order valence-electron chi connectivity index (χ4n) is 2.11. The lowest BCUT2D eigenvalue weighted by Gasteiger charge is -2.29. The predicted molar refractivity (Wildman–Crippen MR) is 97.8 cm³/mol. The van der Waals surface area contributed by atoms with Crippen molar-refractivity contribution in [2.24, 2.45) is 0 Å². The largest absolute Gasteiger partial charge is 0.496 e. The molecule has 0 saturated heterocycles. The van der Waals surface area contributed by atoms with Crippen LogP contribution in [-0.4, -0.2) is 7.11 Å². The monoisotopic (exact) mass is 294 g/mol. The predicted octanol–water partition coefficient (Wildman–Crippen LogP) is 6.65. The van der Waals surface area contributed by atoms with E-state index in [9.17, 15) is 0 Å². The van der Waals surface area contributed by atoms with E-state index in [0.29, 0.717) is 0 Å². The summed E-state index contributed by atoms with van der Waals surface area (Å²) in [6.07, 6.45) is 0. The second kappa shape index (κ2) is 9.12. The van der Waals surface area contributed by atoms with E-state index < -0.39 is 0 Å². The van der Waals surface area contributed by atoms with Gasteiger partial charge in [-0.1, -0.05) is 86.9 Å². The zero-order valence-electron chi connectivity index (χ0n) is 16.6. The SMILES string of the molecule is CC.CC.COc1c(C(C)(C)C)cc(C)cc1C(C)(C)C. The number of hydrogen-bond acceptors (Lipinski definition) is 1. The third-order valence-corrected chi connectivity index (χ3v) is 3.05. The molecule has 0 aliphatic carbocycles. The summed E-state index contributed by atoms with van der Waals surface area (Å²) in [5.74, 6) is 1.05. The van der Waals surface area contributed by atoms with Crippen LogP contribution in [0.15, 0.2) is 12.1 Å². The van der Waals surface area contributed by atoms with Crippen molar-refractivity contribution in [1.29, 1.82) is 0 Å². The van der Waals surface area contributed by atoms with Gasteiger partial charge in [-0.3, -0.25) is 0 Å². The molecular formula is C20H38O. The Morgan fingerprint density at radius 3 is 1.19 bits per heavy atom. The van der Waals surface area contributed by atoms with Crippen molar-refractivity contribution in [2.45, 2.75) is 87.0 Å². The minimum Gasteiger partial charge on any atom is -0.496 e. The van der Waals surface area contributed by atoms with Crippen molar-refractivity contribution in [3.05, 3.63) is 28.8 Å². The number of methoxy groups -OCH3 is 1. The Labute approximate surface area is 134 Å². The number of rotatable bonds is 1. The van der Waals surface area contributed by atoms with Gasteiger partial charge in [0.1, 0.15) is 5.75 Å². The van der Waals surface area contributed by atoms with Crippen LogP contribution in [-0.2, 0) is 10.8 Å². The van der Waals surface area contributed by atoms with Crippen LogP contribution < -0.4 is 4.74 Å². The Kier molecular flexibility index (Phi) is 9.69. The minimum atomic E-state index is 0.108. The maximum absolute atomic E-state index is 5.68. The smallest absolute Gasteiger partial charge is 0.126 e. The lowest BCUT2D eigenvalue weighted by molar-refractivity contribution is 0.381. The highest BCUT2D eigenvalue weighted by molar-refractivity contribution is 5.50. The molecule has 0 aliphatic rings. The maximum Gasteiger partial charge on any atom is 0.126 e. The van der Waals surface area contributed by atoms with Crippen molar-refractivity contribution in [3.63, 3.8) is 0 Å². The first-order chi connectivity index (χ1) is 9.57. The second-order valence-electron chi connectivity index (χ2n) is 6.89. The summed E-state index contributed by atoms with van der Waals surface area (Å²) < 4.78 is 5.68. The summed E-state index contributed by atoms with van der Waals surface area (Å²) in [5, 5.41) is 0. The summed E-state index contributed by atoms with van der Waals surface area (Å²) in [4.78, 5) is 0. The first kappa shape index (κ1) is 22.3. The molecule has 0 fully saturated rings. The Balaban J connectivity index is 0. The van der Waals surface area contributed by atoms with Crippen LogP contribution in [0.25, 0.3) is 0 Å². The highest BCUT2D eigenvalue weighted by Gasteiger charge is 2.26. The molecule has 0 N–H and O–H groups in total. The Morgan fingerprint density at radius 1 is 0.714 bits per heavy atom. The molecule has 1 rings (SSSR count). The number of aryl methyl sites for hydroxylation is 1. The van der Waals surface area contributed by atoms with Gasteiger partial charge in [-0.25, -0.2) is 0 Å². The van der Waals surface area contributed by atoms with E-state index >= 15 is 0 Å². The van der Waals surface area contributed by atoms with Gasteiger partial charge in [0.25, 0.3) is 0 Å². The molecule has 0 bridgehead atoms. The van der Waals surface area contributed by atoms with Gasteiger partial charge in [0.2, 0.25) is 0 Å². The van der Waals surface area contributed by atoms with Gasteiger partial charge in [-0.05, 0) is 17.8 Å². The van der Waals surface area contributed by atoms with Crippen LogP contribution in [0.4, 0.5) is 0 Å². The summed E-state index contributed by atoms with van der Waals surface area (Å²) in [6, 6.07) is 4.49. The number of ether oxygens (including phenoxy) is 1. The van der Waals surface area contributed by atoms with Crippen molar-refractivity contribution < 1.29 is 4.74 Å². The van der Waals surface area contributed by atoms with Gasteiger partial charge in [0.15, 0.2) is 0 Å². The molecule has 0 unspecified atom stereocenters. The van der Waals surface area contributed by atoms with Gasteiger partial charge in [-0.15, -0.1) is 0 Å². The third-order valence-electron chi connectivity index (χ3n) is 3.05. The molecule has 0 aliphatic heterocycles. The van der Waals surface area contributed by atoms with Crippen molar-refractivity contribution >= 4 is 0 Å². The average molecular weight is 295 g/mol. The molecule has 124 valence electrons. The highest BCUT2D eigenvalue weighted by Crippen LogP contribution is 2.40. The molecular weight excluding hydrogens is 256 g/mol. The molecule has 0 saturated carbocycles. The summed E-state index contributed by atoms with van der Waals surface area (Å²) in [5.41, 5.74) is 4.12. The lowest BCUT2D eigenvalue weighted by atomic mass is 9.78. The summed E-state index contributed by atoms with van der Waals surface area (Å²) in [6.45, 7) is 23.6. The van der Waals surface area contributed by atoms with E-state index in [1.807, 2.05) is 27.7 Å². The molecule has 0 aromatic heterocycles. The van der Waals surface area contributed by atoms with E-state index in [1.54, 1.807) is 7.11 Å². The zero-order chi connectivity index (χ0) is 17.4. The van der Waals surface area contributed by atoms with Gasteiger partial charge in [0.05, 0.1) is 7.11 Å². The molecule has 1 nitrogen and oxygen atoms in total. The van der Waals surface area contributed by atoms with Crippen LogP contribution in [0, 0.1) is 6.92 Å². The lowest BCUT2D eigenvalue weighted by Crippen LogP contribution is -2.19. The molecule has 0 amide bonds. The molecule has 0 heterocycles. The first-order valence-corrected chi connectivity index (χ1v) is 8.27. The molecule has 21 heavy (non-hydrogen) atoms. The molecule has 1 aromatic rings. The topological polar surface area (TPSA) is 9.23 Å². The molecule has 0 spiro atoms. The second-order valence-corrected chi connectivity index (χ2v) is 6.89. The molecule has 1 heteroatoms. The third kappa shape index (κ3) is 6.54. The molecule has 0 radical (unpaired) electrons. The van der Waals surface area contributed by atoms with Crippen LogP contribution in [0.3, 0.4) is 0 Å². The van der Waals surface area contributed by atoms with E-state index in [0.717, 1.165) is 5.75 Å². The summed E-state index contributed by atoms with van der Waals surface area (Å²) >= 11 is 0. The number of hydrogen-bond donors (Lipinski definition) is 0. The van der Waals surface area contributed by atoms with E-state index in [-0.39, 0.29) is 10.8 Å². The van der Waals surface area contributed by atoms with E-state index in [1.165, 1.54) is 16.7 Å². The Bertz CT molecular complexity index is 368. The standard InChI is InChI=1S/C16H26O.2C2H6/c1-11-9-12(15(2,3)4)14(17-8)13(10-11)16(5,6)7;2*1-2/h9-10H,1-8H3;2*1-2H3.